The number of amides is 1. The summed E-state index contributed by atoms with van der Waals surface area (Å²) in [7, 11) is 0. The smallest absolute Gasteiger partial charge is 0.387 e. The van der Waals surface area contributed by atoms with Gasteiger partial charge >= 0.3 is 6.18 Å². The molecule has 12 heteroatoms. The third kappa shape index (κ3) is 5.32. The molecule has 3 aromatic heterocycles. The van der Waals surface area contributed by atoms with E-state index < -0.39 is 24.3 Å². The van der Waals surface area contributed by atoms with Crippen LogP contribution in [0.15, 0.2) is 29.4 Å². The van der Waals surface area contributed by atoms with Gasteiger partial charge in [-0.1, -0.05) is 11.8 Å². The second kappa shape index (κ2) is 9.06. The molecular formula is C18H15F3N4O3S2. The molecule has 3 rings (SSSR count). The Morgan fingerprint density at radius 2 is 2.03 bits per heavy atom. The van der Waals surface area contributed by atoms with Crippen molar-refractivity contribution >= 4 is 45.8 Å². The number of hydrogen-bond donors (Lipinski definition) is 2. The van der Waals surface area contributed by atoms with Crippen LogP contribution in [0.4, 0.5) is 13.2 Å². The van der Waals surface area contributed by atoms with Gasteiger partial charge in [-0.25, -0.2) is 15.0 Å². The predicted molar refractivity (Wildman–Crippen MR) is 105 cm³/mol. The first kappa shape index (κ1) is 22.1. The number of alkyl halides is 3. The summed E-state index contributed by atoms with van der Waals surface area (Å²) in [4.78, 5) is 36.8. The number of halogens is 3. The predicted octanol–water partition coefficient (Wildman–Crippen LogP) is 3.00. The normalized spacial score (nSPS) is 11.6. The van der Waals surface area contributed by atoms with Crippen molar-refractivity contribution in [3.8, 4) is 0 Å². The summed E-state index contributed by atoms with van der Waals surface area (Å²) in [5, 5.41) is 11.6. The number of fused-ring (bicyclic) bond motifs is 1. The lowest BCUT2D eigenvalue weighted by Gasteiger charge is -2.09. The van der Waals surface area contributed by atoms with E-state index in [9.17, 15) is 22.8 Å². The van der Waals surface area contributed by atoms with Crippen LogP contribution in [0.5, 0.6) is 0 Å². The summed E-state index contributed by atoms with van der Waals surface area (Å²) < 4.78 is 39.1. The van der Waals surface area contributed by atoms with Gasteiger partial charge in [0.1, 0.15) is 17.5 Å². The summed E-state index contributed by atoms with van der Waals surface area (Å²) >= 11 is 2.20. The summed E-state index contributed by atoms with van der Waals surface area (Å²) in [5.74, 6) is -0.452. The molecule has 0 spiro atoms. The van der Waals surface area contributed by atoms with Crippen LogP contribution in [0.1, 0.15) is 25.9 Å². The van der Waals surface area contributed by atoms with Gasteiger partial charge in [-0.2, -0.15) is 13.2 Å². The maximum Gasteiger partial charge on any atom is 0.417 e. The summed E-state index contributed by atoms with van der Waals surface area (Å²) in [5.41, 5.74) is -0.785. The minimum absolute atomic E-state index is 0.0370. The van der Waals surface area contributed by atoms with Gasteiger partial charge in [-0.05, 0) is 25.1 Å². The Kier molecular flexibility index (Phi) is 6.68. The molecule has 0 aliphatic heterocycles. The molecule has 7 nitrogen and oxygen atoms in total. The van der Waals surface area contributed by atoms with E-state index in [2.05, 4.69) is 20.3 Å². The van der Waals surface area contributed by atoms with Gasteiger partial charge in [0.05, 0.1) is 28.1 Å². The Morgan fingerprint density at radius 3 is 2.73 bits per heavy atom. The average Bonchev–Trinajstić information content (AvgIpc) is 3.18. The van der Waals surface area contributed by atoms with Crippen molar-refractivity contribution < 1.29 is 27.9 Å². The number of carbonyl (C=O) groups is 2. The molecule has 0 aromatic carbocycles. The van der Waals surface area contributed by atoms with Crippen LogP contribution in [0.3, 0.4) is 0 Å². The Bertz CT molecular complexity index is 1100. The monoisotopic (exact) mass is 456 g/mol. The lowest BCUT2D eigenvalue weighted by atomic mass is 10.2. The molecule has 0 aliphatic rings. The van der Waals surface area contributed by atoms with Gasteiger partial charge in [0.2, 0.25) is 5.91 Å². The van der Waals surface area contributed by atoms with E-state index in [1.165, 1.54) is 11.3 Å². The first-order valence-corrected chi connectivity index (χ1v) is 10.3. The number of thiophene rings is 1. The highest BCUT2D eigenvalue weighted by molar-refractivity contribution is 8.00. The SMILES string of the molecule is Cc1nc(SCC(=O)c2ccc(CNC(=O)CO)s2)c2cc(C(F)(F)F)cnc2n1. The third-order valence-corrected chi connectivity index (χ3v) is 5.95. The van der Waals surface area contributed by atoms with Crippen LogP contribution in [0.25, 0.3) is 11.0 Å². The summed E-state index contributed by atoms with van der Waals surface area (Å²) in [6.45, 7) is 1.16. The van der Waals surface area contributed by atoms with Crippen molar-refractivity contribution in [1.82, 2.24) is 20.3 Å². The van der Waals surface area contributed by atoms with Crippen LogP contribution in [-0.2, 0) is 17.5 Å². The number of carbonyl (C=O) groups excluding carboxylic acids is 2. The van der Waals surface area contributed by atoms with E-state index in [0.29, 0.717) is 10.7 Å². The third-order valence-electron chi connectivity index (χ3n) is 3.84. The zero-order valence-electron chi connectivity index (χ0n) is 15.5. The van der Waals surface area contributed by atoms with Crippen molar-refractivity contribution in [2.75, 3.05) is 12.4 Å². The molecule has 0 radical (unpaired) electrons. The van der Waals surface area contributed by atoms with Crippen LogP contribution in [0.2, 0.25) is 0 Å². The number of aliphatic hydroxyl groups is 1. The first-order chi connectivity index (χ1) is 14.2. The Hall–Kier alpha value is -2.57. The van der Waals surface area contributed by atoms with Crippen molar-refractivity contribution in [3.05, 3.63) is 45.5 Å². The Morgan fingerprint density at radius 1 is 1.27 bits per heavy atom. The van der Waals surface area contributed by atoms with E-state index in [1.54, 1.807) is 19.1 Å². The molecular weight excluding hydrogens is 441 g/mol. The largest absolute Gasteiger partial charge is 0.417 e. The van der Waals surface area contributed by atoms with Crippen molar-refractivity contribution in [1.29, 1.82) is 0 Å². The summed E-state index contributed by atoms with van der Waals surface area (Å²) in [6.07, 6.45) is -3.83. The zero-order chi connectivity index (χ0) is 21.9. The van der Waals surface area contributed by atoms with Gasteiger partial charge in [-0.15, -0.1) is 11.3 Å². The Labute approximate surface area is 176 Å². The molecule has 0 bridgehead atoms. The number of rotatable bonds is 7. The van der Waals surface area contributed by atoms with E-state index in [4.69, 9.17) is 5.11 Å². The quantitative estimate of drug-likeness (QED) is 0.320. The maximum absolute atomic E-state index is 13.0. The number of aryl methyl sites for hydroxylation is 1. The second-order valence-corrected chi connectivity index (χ2v) is 8.21. The lowest BCUT2D eigenvalue weighted by Crippen LogP contribution is -2.25. The minimum Gasteiger partial charge on any atom is -0.387 e. The van der Waals surface area contributed by atoms with Crippen molar-refractivity contribution in [2.24, 2.45) is 0 Å². The standard InChI is InChI=1S/C18H15F3N4O3S2/c1-9-24-16-12(4-10(5-23-16)18(19,20)21)17(25-9)29-8-13(27)14-3-2-11(30-14)6-22-15(28)7-26/h2-5,26H,6-8H2,1H3,(H,22,28). The Balaban J connectivity index is 1.75. The molecule has 0 atom stereocenters. The van der Waals surface area contributed by atoms with Gasteiger partial charge in [0.15, 0.2) is 11.4 Å². The molecule has 3 aromatic rings. The van der Waals surface area contributed by atoms with Gasteiger partial charge in [-0.3, -0.25) is 9.59 Å². The number of nitrogens with zero attached hydrogens (tertiary/aromatic N) is 3. The number of pyridine rings is 1. The molecule has 0 saturated carbocycles. The molecule has 1 amide bonds. The number of ketones is 1. The molecule has 2 N–H and O–H groups in total. The van der Waals surface area contributed by atoms with Crippen LogP contribution in [0, 0.1) is 6.92 Å². The number of nitrogens with one attached hydrogen (secondary N) is 1. The molecule has 158 valence electrons. The maximum atomic E-state index is 13.0. The van der Waals surface area contributed by atoms with E-state index in [1.807, 2.05) is 0 Å². The fourth-order valence-corrected chi connectivity index (χ4v) is 4.33. The van der Waals surface area contributed by atoms with Crippen LogP contribution in [-0.4, -0.2) is 44.1 Å². The highest BCUT2D eigenvalue weighted by Crippen LogP contribution is 2.33. The fraction of sp³-hybridized carbons (Fsp3) is 0.278. The van der Waals surface area contributed by atoms with E-state index in [-0.39, 0.29) is 34.1 Å². The molecule has 30 heavy (non-hydrogen) atoms. The zero-order valence-corrected chi connectivity index (χ0v) is 17.1. The second-order valence-electron chi connectivity index (χ2n) is 6.08. The fourth-order valence-electron chi connectivity index (χ4n) is 2.42. The van der Waals surface area contributed by atoms with Gasteiger partial charge in [0, 0.05) is 11.1 Å². The van der Waals surface area contributed by atoms with Crippen molar-refractivity contribution in [2.45, 2.75) is 24.7 Å². The topological polar surface area (TPSA) is 105 Å². The highest BCUT2D eigenvalue weighted by Gasteiger charge is 2.31. The number of hydrogen-bond acceptors (Lipinski definition) is 8. The van der Waals surface area contributed by atoms with E-state index >= 15 is 0 Å². The average molecular weight is 456 g/mol. The van der Waals surface area contributed by atoms with Crippen molar-refractivity contribution in [3.63, 3.8) is 0 Å². The molecule has 3 heterocycles. The molecule has 0 fully saturated rings. The van der Waals surface area contributed by atoms with Crippen LogP contribution < -0.4 is 5.32 Å². The molecule has 0 saturated heterocycles. The van der Waals surface area contributed by atoms with Gasteiger partial charge in [0.25, 0.3) is 0 Å². The number of aliphatic hydroxyl groups excluding tert-OH is 1. The molecule has 0 unspecified atom stereocenters. The highest BCUT2D eigenvalue weighted by atomic mass is 32.2. The number of aromatic nitrogens is 3. The number of Topliss-reactive ketones (excluding diaryl/α,β-unsaturated/α-hetero) is 1. The van der Waals surface area contributed by atoms with Gasteiger partial charge < -0.3 is 10.4 Å². The molecule has 0 aliphatic carbocycles. The van der Waals surface area contributed by atoms with E-state index in [0.717, 1.165) is 28.9 Å². The summed E-state index contributed by atoms with van der Waals surface area (Å²) in [6, 6.07) is 4.23. The first-order valence-electron chi connectivity index (χ1n) is 8.51. The minimum atomic E-state index is -4.55. The number of thioether (sulfide) groups is 1. The van der Waals surface area contributed by atoms with Crippen LogP contribution >= 0.6 is 23.1 Å². The lowest BCUT2D eigenvalue weighted by molar-refractivity contribution is -0.137.